The van der Waals surface area contributed by atoms with E-state index < -0.39 is 47.2 Å². The van der Waals surface area contributed by atoms with Crippen LogP contribution >= 0.6 is 0 Å². The average Bonchev–Trinajstić information content (AvgIpc) is 2.84. The topological polar surface area (TPSA) is 89.3 Å². The lowest BCUT2D eigenvalue weighted by molar-refractivity contribution is -0.425. The van der Waals surface area contributed by atoms with Gasteiger partial charge in [0.15, 0.2) is 17.9 Å². The second-order valence-electron chi connectivity index (χ2n) is 6.70. The SMILES string of the molecule is C/C(=C\[C@H]1O[C@@H]2OC(C)(C)O[C@@H]2[C@H]2OC(C)(C)O[C@H]21)[N+](=O)[O-]. The Labute approximate surface area is 128 Å². The van der Waals surface area contributed by atoms with Gasteiger partial charge < -0.3 is 23.7 Å². The van der Waals surface area contributed by atoms with Crippen LogP contribution < -0.4 is 0 Å². The molecule has 3 rings (SSSR count). The maximum absolute atomic E-state index is 10.9. The van der Waals surface area contributed by atoms with Gasteiger partial charge in [-0.25, -0.2) is 0 Å². The van der Waals surface area contributed by atoms with Gasteiger partial charge in [-0.2, -0.15) is 0 Å². The van der Waals surface area contributed by atoms with Gasteiger partial charge in [-0.05, 0) is 27.7 Å². The molecule has 0 aromatic carbocycles. The predicted molar refractivity (Wildman–Crippen MR) is 73.3 cm³/mol. The van der Waals surface area contributed by atoms with E-state index >= 15 is 0 Å². The normalized spacial score (nSPS) is 42.8. The smallest absolute Gasteiger partial charge is 0.241 e. The molecular weight excluding hydrogens is 294 g/mol. The van der Waals surface area contributed by atoms with Crippen molar-refractivity contribution in [2.24, 2.45) is 0 Å². The molecule has 3 saturated heterocycles. The van der Waals surface area contributed by atoms with Gasteiger partial charge >= 0.3 is 0 Å². The molecule has 0 N–H and O–H groups in total. The molecule has 0 unspecified atom stereocenters. The van der Waals surface area contributed by atoms with E-state index in [0.29, 0.717) is 0 Å². The van der Waals surface area contributed by atoms with Gasteiger partial charge in [0.05, 0.1) is 4.92 Å². The number of hydrogen-bond acceptors (Lipinski definition) is 7. The fourth-order valence-corrected chi connectivity index (χ4v) is 3.08. The van der Waals surface area contributed by atoms with Crippen LogP contribution in [0, 0.1) is 10.1 Å². The molecule has 0 amide bonds. The highest BCUT2D eigenvalue weighted by atomic mass is 16.9. The van der Waals surface area contributed by atoms with Crippen molar-refractivity contribution < 1.29 is 28.6 Å². The van der Waals surface area contributed by atoms with Crippen LogP contribution in [0.2, 0.25) is 0 Å². The fourth-order valence-electron chi connectivity index (χ4n) is 3.08. The van der Waals surface area contributed by atoms with Crippen molar-refractivity contribution in [3.63, 3.8) is 0 Å². The molecule has 3 aliphatic heterocycles. The molecule has 0 aromatic heterocycles. The molecular formula is C14H21NO7. The standard InChI is InChI=1S/C14H21NO7/c1-7(15(16)17)6-8-9-10(20-13(2,3)19-9)11-12(18-8)22-14(4,5)21-11/h6,8-12H,1-5H3/b7-6+/t8-,9+,10+,11-,12-/m1/s1. The second-order valence-corrected chi connectivity index (χ2v) is 6.70. The zero-order chi connectivity index (χ0) is 16.3. The Morgan fingerprint density at radius 3 is 2.18 bits per heavy atom. The van der Waals surface area contributed by atoms with E-state index in [1.165, 1.54) is 13.0 Å². The summed E-state index contributed by atoms with van der Waals surface area (Å²) >= 11 is 0. The lowest BCUT2D eigenvalue weighted by atomic mass is 9.98. The third-order valence-corrected chi connectivity index (χ3v) is 3.88. The maximum Gasteiger partial charge on any atom is 0.241 e. The van der Waals surface area contributed by atoms with Gasteiger partial charge in [0.25, 0.3) is 0 Å². The molecule has 0 spiro atoms. The molecule has 0 aliphatic carbocycles. The quantitative estimate of drug-likeness (QED) is 0.564. The van der Waals surface area contributed by atoms with Crippen LogP contribution in [-0.4, -0.2) is 47.2 Å². The number of rotatable bonds is 2. The maximum atomic E-state index is 10.9. The Balaban J connectivity index is 1.90. The highest BCUT2D eigenvalue weighted by Crippen LogP contribution is 2.44. The first-order valence-corrected chi connectivity index (χ1v) is 7.27. The molecule has 8 nitrogen and oxygen atoms in total. The Bertz CT molecular complexity index is 515. The van der Waals surface area contributed by atoms with E-state index in [-0.39, 0.29) is 5.70 Å². The van der Waals surface area contributed by atoms with Crippen LogP contribution in [-0.2, 0) is 23.7 Å². The van der Waals surface area contributed by atoms with Crippen molar-refractivity contribution in [2.45, 2.75) is 76.9 Å². The molecule has 124 valence electrons. The van der Waals surface area contributed by atoms with Gasteiger partial charge in [0.1, 0.15) is 24.4 Å². The predicted octanol–water partition coefficient (Wildman–Crippen LogP) is 1.56. The van der Waals surface area contributed by atoms with Crippen LogP contribution in [0.25, 0.3) is 0 Å². The molecule has 0 bridgehead atoms. The zero-order valence-electron chi connectivity index (χ0n) is 13.3. The van der Waals surface area contributed by atoms with Crippen molar-refractivity contribution in [3.05, 3.63) is 21.9 Å². The summed E-state index contributed by atoms with van der Waals surface area (Å²) in [5.74, 6) is -1.61. The molecule has 22 heavy (non-hydrogen) atoms. The minimum Gasteiger partial charge on any atom is -0.342 e. The molecule has 0 saturated carbocycles. The summed E-state index contributed by atoms with van der Waals surface area (Å²) in [5, 5.41) is 10.9. The third kappa shape index (κ3) is 2.77. The minimum absolute atomic E-state index is 0.00585. The van der Waals surface area contributed by atoms with Crippen molar-refractivity contribution >= 4 is 0 Å². The molecule has 5 atom stereocenters. The van der Waals surface area contributed by atoms with Crippen molar-refractivity contribution in [1.82, 2.24) is 0 Å². The summed E-state index contributed by atoms with van der Waals surface area (Å²) in [4.78, 5) is 10.4. The number of nitrogens with zero attached hydrogens (tertiary/aromatic N) is 1. The molecule has 3 heterocycles. The Morgan fingerprint density at radius 1 is 1.00 bits per heavy atom. The van der Waals surface area contributed by atoms with Gasteiger partial charge in [-0.3, -0.25) is 10.1 Å². The average molecular weight is 315 g/mol. The summed E-state index contributed by atoms with van der Waals surface area (Å²) in [5.41, 5.74) is -0.00585. The monoisotopic (exact) mass is 315 g/mol. The number of nitro groups is 1. The van der Waals surface area contributed by atoms with E-state index in [1.54, 1.807) is 27.7 Å². The second kappa shape index (κ2) is 4.97. The summed E-state index contributed by atoms with van der Waals surface area (Å²) < 4.78 is 29.2. The largest absolute Gasteiger partial charge is 0.342 e. The lowest BCUT2D eigenvalue weighted by Crippen LogP contribution is -2.54. The molecule has 0 radical (unpaired) electrons. The van der Waals surface area contributed by atoms with Gasteiger partial charge in [-0.1, -0.05) is 0 Å². The Morgan fingerprint density at radius 2 is 1.55 bits per heavy atom. The van der Waals surface area contributed by atoms with E-state index in [1.807, 2.05) is 0 Å². The summed E-state index contributed by atoms with van der Waals surface area (Å²) in [7, 11) is 0. The van der Waals surface area contributed by atoms with Gasteiger partial charge in [-0.15, -0.1) is 0 Å². The minimum atomic E-state index is -0.807. The lowest BCUT2D eigenvalue weighted by Gasteiger charge is -2.35. The van der Waals surface area contributed by atoms with E-state index in [0.717, 1.165) is 0 Å². The zero-order valence-corrected chi connectivity index (χ0v) is 13.3. The summed E-state index contributed by atoms with van der Waals surface area (Å²) in [6.45, 7) is 8.59. The molecule has 0 aromatic rings. The number of ether oxygens (including phenoxy) is 5. The number of hydrogen-bond donors (Lipinski definition) is 0. The number of allylic oxidation sites excluding steroid dienone is 1. The Kier molecular flexibility index (Phi) is 3.57. The molecule has 8 heteroatoms. The van der Waals surface area contributed by atoms with Crippen molar-refractivity contribution in [3.8, 4) is 0 Å². The highest BCUT2D eigenvalue weighted by molar-refractivity contribution is 5.08. The van der Waals surface area contributed by atoms with E-state index in [4.69, 9.17) is 23.7 Å². The van der Waals surface area contributed by atoms with E-state index in [2.05, 4.69) is 0 Å². The third-order valence-electron chi connectivity index (χ3n) is 3.88. The van der Waals surface area contributed by atoms with Crippen molar-refractivity contribution in [2.75, 3.05) is 0 Å². The van der Waals surface area contributed by atoms with Gasteiger partial charge in [0, 0.05) is 13.0 Å². The molecule has 3 fully saturated rings. The van der Waals surface area contributed by atoms with Crippen LogP contribution in [0.5, 0.6) is 0 Å². The first kappa shape index (κ1) is 15.8. The van der Waals surface area contributed by atoms with Gasteiger partial charge in [0.2, 0.25) is 5.70 Å². The number of fused-ring (bicyclic) bond motifs is 3. The Hall–Kier alpha value is -1.06. The van der Waals surface area contributed by atoms with Crippen LogP contribution in [0.4, 0.5) is 0 Å². The summed E-state index contributed by atoms with van der Waals surface area (Å²) in [6.07, 6.45) is -1.15. The van der Waals surface area contributed by atoms with E-state index in [9.17, 15) is 10.1 Å². The van der Waals surface area contributed by atoms with Crippen LogP contribution in [0.3, 0.4) is 0 Å². The van der Waals surface area contributed by atoms with Crippen LogP contribution in [0.15, 0.2) is 11.8 Å². The fraction of sp³-hybridized carbons (Fsp3) is 0.857. The highest BCUT2D eigenvalue weighted by Gasteiger charge is 2.60. The summed E-state index contributed by atoms with van der Waals surface area (Å²) in [6, 6.07) is 0. The first-order chi connectivity index (χ1) is 10.1. The van der Waals surface area contributed by atoms with Crippen molar-refractivity contribution in [1.29, 1.82) is 0 Å². The van der Waals surface area contributed by atoms with Crippen LogP contribution in [0.1, 0.15) is 34.6 Å². The molecule has 3 aliphatic rings. The first-order valence-electron chi connectivity index (χ1n) is 7.27.